The van der Waals surface area contributed by atoms with E-state index in [1.165, 1.54) is 6.07 Å². The summed E-state index contributed by atoms with van der Waals surface area (Å²) in [6, 6.07) is 10.2. The molecule has 100 valence electrons. The summed E-state index contributed by atoms with van der Waals surface area (Å²) in [5.41, 5.74) is 1.96. The van der Waals surface area contributed by atoms with E-state index in [2.05, 4.69) is 15.5 Å². The highest BCUT2D eigenvalue weighted by Gasteiger charge is 2.11. The van der Waals surface area contributed by atoms with Gasteiger partial charge in [0.25, 0.3) is 5.91 Å². The Balaban J connectivity index is 1.87. The molecule has 0 radical (unpaired) electrons. The Kier molecular flexibility index (Phi) is 3.34. The van der Waals surface area contributed by atoms with Crippen molar-refractivity contribution in [1.29, 1.82) is 0 Å². The van der Waals surface area contributed by atoms with Crippen LogP contribution in [0.2, 0.25) is 10.0 Å². The molecule has 0 aliphatic heterocycles. The second kappa shape index (κ2) is 5.15. The predicted molar refractivity (Wildman–Crippen MR) is 80.5 cm³/mol. The van der Waals surface area contributed by atoms with E-state index in [9.17, 15) is 4.79 Å². The highest BCUT2D eigenvalue weighted by Crippen LogP contribution is 2.23. The number of halogens is 2. The molecule has 1 amide bonds. The van der Waals surface area contributed by atoms with Crippen LogP contribution in [0.4, 0.5) is 5.69 Å². The lowest BCUT2D eigenvalue weighted by molar-refractivity contribution is 0.102. The zero-order valence-electron chi connectivity index (χ0n) is 10.2. The van der Waals surface area contributed by atoms with E-state index in [0.717, 1.165) is 10.9 Å². The van der Waals surface area contributed by atoms with Gasteiger partial charge in [0.2, 0.25) is 0 Å². The summed E-state index contributed by atoms with van der Waals surface area (Å²) in [6.07, 6.45) is 1.69. The van der Waals surface area contributed by atoms with Crippen LogP contribution < -0.4 is 5.32 Å². The number of carbonyl (C=O) groups is 1. The first-order valence-corrected chi connectivity index (χ1v) is 6.58. The van der Waals surface area contributed by atoms with Gasteiger partial charge in [0, 0.05) is 16.1 Å². The molecule has 0 saturated carbocycles. The smallest absolute Gasteiger partial charge is 0.257 e. The van der Waals surface area contributed by atoms with Gasteiger partial charge in [-0.25, -0.2) is 0 Å². The number of amides is 1. The van der Waals surface area contributed by atoms with Crippen LogP contribution in [0.3, 0.4) is 0 Å². The Hall–Kier alpha value is -2.04. The number of hydrogen-bond donors (Lipinski definition) is 2. The number of nitrogens with one attached hydrogen (secondary N) is 2. The van der Waals surface area contributed by atoms with Crippen molar-refractivity contribution in [3.05, 3.63) is 58.2 Å². The zero-order chi connectivity index (χ0) is 14.1. The fourth-order valence-electron chi connectivity index (χ4n) is 1.89. The van der Waals surface area contributed by atoms with E-state index in [0.29, 0.717) is 21.3 Å². The van der Waals surface area contributed by atoms with E-state index < -0.39 is 0 Å². The number of hydrogen-bond acceptors (Lipinski definition) is 2. The number of carbonyl (C=O) groups excluding carboxylic acids is 1. The first kappa shape index (κ1) is 13.0. The number of aromatic nitrogens is 2. The van der Waals surface area contributed by atoms with Crippen LogP contribution in [-0.4, -0.2) is 16.1 Å². The van der Waals surface area contributed by atoms with Gasteiger partial charge < -0.3 is 5.32 Å². The van der Waals surface area contributed by atoms with E-state index >= 15 is 0 Å². The third-order valence-corrected chi connectivity index (χ3v) is 3.42. The minimum absolute atomic E-state index is 0.283. The average Bonchev–Trinajstić information content (AvgIpc) is 2.85. The highest BCUT2D eigenvalue weighted by atomic mass is 35.5. The predicted octanol–water partition coefficient (Wildman–Crippen LogP) is 4.12. The summed E-state index contributed by atoms with van der Waals surface area (Å²) < 4.78 is 0. The molecular weight excluding hydrogens is 297 g/mol. The van der Waals surface area contributed by atoms with Crippen LogP contribution in [0, 0.1) is 0 Å². The van der Waals surface area contributed by atoms with E-state index in [4.69, 9.17) is 23.2 Å². The van der Waals surface area contributed by atoms with Gasteiger partial charge in [0.15, 0.2) is 0 Å². The molecule has 0 fully saturated rings. The zero-order valence-corrected chi connectivity index (χ0v) is 11.7. The molecule has 0 atom stereocenters. The first-order valence-electron chi connectivity index (χ1n) is 5.83. The second-order valence-corrected chi connectivity index (χ2v) is 5.09. The van der Waals surface area contributed by atoms with Crippen LogP contribution in [0.1, 0.15) is 10.4 Å². The standard InChI is InChI=1S/C14H9Cl2N3O/c15-9-1-3-11(12(16)6-9)14(20)18-10-2-4-13-8(5-10)7-17-19-13/h1-7H,(H,17,19)(H,18,20). The molecule has 1 aromatic heterocycles. The van der Waals surface area contributed by atoms with E-state index in [1.807, 2.05) is 12.1 Å². The van der Waals surface area contributed by atoms with Gasteiger partial charge in [-0.15, -0.1) is 0 Å². The monoisotopic (exact) mass is 305 g/mol. The molecule has 0 spiro atoms. The van der Waals surface area contributed by atoms with Gasteiger partial charge in [-0.1, -0.05) is 23.2 Å². The molecule has 0 aliphatic carbocycles. The summed E-state index contributed by atoms with van der Waals surface area (Å²) in [5, 5.41) is 11.3. The Morgan fingerprint density at radius 1 is 1.15 bits per heavy atom. The van der Waals surface area contributed by atoms with Gasteiger partial charge in [-0.05, 0) is 36.4 Å². The van der Waals surface area contributed by atoms with Crippen molar-refractivity contribution >= 4 is 45.7 Å². The number of aromatic amines is 1. The Morgan fingerprint density at radius 3 is 2.80 bits per heavy atom. The van der Waals surface area contributed by atoms with Crippen LogP contribution >= 0.6 is 23.2 Å². The largest absolute Gasteiger partial charge is 0.322 e. The molecule has 0 saturated heterocycles. The second-order valence-electron chi connectivity index (χ2n) is 4.25. The Morgan fingerprint density at radius 2 is 2.00 bits per heavy atom. The molecule has 3 rings (SSSR count). The highest BCUT2D eigenvalue weighted by molar-refractivity contribution is 6.37. The number of anilines is 1. The number of H-pyrrole nitrogens is 1. The van der Waals surface area contributed by atoms with Crippen molar-refractivity contribution in [1.82, 2.24) is 10.2 Å². The topological polar surface area (TPSA) is 57.8 Å². The number of fused-ring (bicyclic) bond motifs is 1. The van der Waals surface area contributed by atoms with E-state index in [-0.39, 0.29) is 5.91 Å². The van der Waals surface area contributed by atoms with E-state index in [1.54, 1.807) is 24.4 Å². The molecule has 2 aromatic carbocycles. The van der Waals surface area contributed by atoms with Crippen molar-refractivity contribution in [2.45, 2.75) is 0 Å². The van der Waals surface area contributed by atoms with Gasteiger partial charge in [0.05, 0.1) is 22.3 Å². The molecular formula is C14H9Cl2N3O. The number of benzene rings is 2. The summed E-state index contributed by atoms with van der Waals surface area (Å²) in [7, 11) is 0. The lowest BCUT2D eigenvalue weighted by atomic mass is 10.2. The third-order valence-electron chi connectivity index (χ3n) is 2.87. The first-order chi connectivity index (χ1) is 9.63. The number of nitrogens with zero attached hydrogens (tertiary/aromatic N) is 1. The molecule has 0 aliphatic rings. The lowest BCUT2D eigenvalue weighted by Crippen LogP contribution is -2.12. The normalized spacial score (nSPS) is 10.7. The minimum atomic E-state index is -0.283. The maximum Gasteiger partial charge on any atom is 0.257 e. The Labute approximate surface area is 124 Å². The van der Waals surface area contributed by atoms with Crippen molar-refractivity contribution in [2.75, 3.05) is 5.32 Å². The third kappa shape index (κ3) is 2.48. The molecule has 0 bridgehead atoms. The molecule has 6 heteroatoms. The minimum Gasteiger partial charge on any atom is -0.322 e. The maximum absolute atomic E-state index is 12.2. The Bertz CT molecular complexity index is 798. The number of rotatable bonds is 2. The van der Waals surface area contributed by atoms with Crippen molar-refractivity contribution in [3.63, 3.8) is 0 Å². The summed E-state index contributed by atoms with van der Waals surface area (Å²) in [6.45, 7) is 0. The molecule has 4 nitrogen and oxygen atoms in total. The molecule has 1 heterocycles. The van der Waals surface area contributed by atoms with Crippen molar-refractivity contribution < 1.29 is 4.79 Å². The van der Waals surface area contributed by atoms with Gasteiger partial charge in [-0.3, -0.25) is 9.89 Å². The van der Waals surface area contributed by atoms with Crippen molar-refractivity contribution in [2.24, 2.45) is 0 Å². The van der Waals surface area contributed by atoms with Crippen molar-refractivity contribution in [3.8, 4) is 0 Å². The van der Waals surface area contributed by atoms with Crippen LogP contribution in [-0.2, 0) is 0 Å². The lowest BCUT2D eigenvalue weighted by Gasteiger charge is -2.07. The van der Waals surface area contributed by atoms with Gasteiger partial charge in [-0.2, -0.15) is 5.10 Å². The molecule has 2 N–H and O–H groups in total. The summed E-state index contributed by atoms with van der Waals surface area (Å²) >= 11 is 11.8. The van der Waals surface area contributed by atoms with Gasteiger partial charge in [0.1, 0.15) is 0 Å². The van der Waals surface area contributed by atoms with Gasteiger partial charge >= 0.3 is 0 Å². The molecule has 20 heavy (non-hydrogen) atoms. The maximum atomic E-state index is 12.2. The quantitative estimate of drug-likeness (QED) is 0.748. The summed E-state index contributed by atoms with van der Waals surface area (Å²) in [4.78, 5) is 12.2. The molecule has 0 unspecified atom stereocenters. The SMILES string of the molecule is O=C(Nc1ccc2[nH]ncc2c1)c1ccc(Cl)cc1Cl. The fourth-order valence-corrected chi connectivity index (χ4v) is 2.39. The fraction of sp³-hybridized carbons (Fsp3) is 0. The summed E-state index contributed by atoms with van der Waals surface area (Å²) in [5.74, 6) is -0.283. The van der Waals surface area contributed by atoms with Crippen LogP contribution in [0.25, 0.3) is 10.9 Å². The van der Waals surface area contributed by atoms with Crippen LogP contribution in [0.15, 0.2) is 42.6 Å². The average molecular weight is 306 g/mol. The molecule has 3 aromatic rings. The van der Waals surface area contributed by atoms with Crippen LogP contribution in [0.5, 0.6) is 0 Å².